The van der Waals surface area contributed by atoms with Crippen LogP contribution in [0.5, 0.6) is 0 Å². The maximum absolute atomic E-state index is 3.46. The third-order valence-electron chi connectivity index (χ3n) is 4.93. The summed E-state index contributed by atoms with van der Waals surface area (Å²) >= 11 is 0. The van der Waals surface area contributed by atoms with Crippen LogP contribution in [0, 0.1) is 17.3 Å². The molecule has 2 aliphatic carbocycles. The second-order valence-electron chi connectivity index (χ2n) is 5.54. The molecule has 0 spiro atoms. The third kappa shape index (κ3) is 1.60. The normalized spacial score (nSPS) is 39.4. The van der Waals surface area contributed by atoms with Crippen LogP contribution in [0.15, 0.2) is 0 Å². The lowest BCUT2D eigenvalue weighted by atomic mass is 9.68. The Morgan fingerprint density at radius 2 is 1.86 bits per heavy atom. The molecular formula is C13H25N. The zero-order chi connectivity index (χ0) is 10.0. The Morgan fingerprint density at radius 3 is 2.36 bits per heavy atom. The van der Waals surface area contributed by atoms with Crippen molar-refractivity contribution in [3.8, 4) is 0 Å². The van der Waals surface area contributed by atoms with Crippen LogP contribution in [-0.4, -0.2) is 13.6 Å². The summed E-state index contributed by atoms with van der Waals surface area (Å²) in [6, 6.07) is 0. The standard InChI is InChI=1S/C13H25N/c1-11-6-5-9-13(11,10-14-2)12-7-3-4-8-12/h11-12,14H,3-10H2,1-2H3. The van der Waals surface area contributed by atoms with E-state index >= 15 is 0 Å². The van der Waals surface area contributed by atoms with Crippen LogP contribution >= 0.6 is 0 Å². The number of hydrogen-bond donors (Lipinski definition) is 1. The molecule has 0 bridgehead atoms. The molecule has 0 radical (unpaired) electrons. The van der Waals surface area contributed by atoms with Gasteiger partial charge in [-0.3, -0.25) is 0 Å². The van der Waals surface area contributed by atoms with Gasteiger partial charge in [-0.1, -0.05) is 32.6 Å². The lowest BCUT2D eigenvalue weighted by Crippen LogP contribution is -2.40. The van der Waals surface area contributed by atoms with Crippen molar-refractivity contribution in [1.29, 1.82) is 0 Å². The summed E-state index contributed by atoms with van der Waals surface area (Å²) in [5.41, 5.74) is 0.672. The molecule has 2 atom stereocenters. The van der Waals surface area contributed by atoms with E-state index in [1.54, 1.807) is 0 Å². The largest absolute Gasteiger partial charge is 0.319 e. The summed E-state index contributed by atoms with van der Waals surface area (Å²) in [6.07, 6.45) is 10.4. The fourth-order valence-corrected chi connectivity index (χ4v) is 4.11. The van der Waals surface area contributed by atoms with Crippen molar-refractivity contribution in [2.45, 2.75) is 51.9 Å². The highest BCUT2D eigenvalue weighted by Crippen LogP contribution is 2.53. The summed E-state index contributed by atoms with van der Waals surface area (Å²) < 4.78 is 0. The quantitative estimate of drug-likeness (QED) is 0.729. The molecule has 0 aromatic heterocycles. The van der Waals surface area contributed by atoms with Gasteiger partial charge in [-0.15, -0.1) is 0 Å². The van der Waals surface area contributed by atoms with Crippen molar-refractivity contribution in [2.75, 3.05) is 13.6 Å². The molecule has 1 nitrogen and oxygen atoms in total. The summed E-state index contributed by atoms with van der Waals surface area (Å²) in [5, 5.41) is 3.46. The molecule has 2 fully saturated rings. The minimum absolute atomic E-state index is 0.672. The van der Waals surface area contributed by atoms with Crippen LogP contribution in [0.2, 0.25) is 0 Å². The van der Waals surface area contributed by atoms with E-state index in [-0.39, 0.29) is 0 Å². The topological polar surface area (TPSA) is 12.0 Å². The van der Waals surface area contributed by atoms with Gasteiger partial charge in [0.25, 0.3) is 0 Å². The molecule has 2 rings (SSSR count). The molecule has 0 aliphatic heterocycles. The lowest BCUT2D eigenvalue weighted by molar-refractivity contribution is 0.112. The minimum atomic E-state index is 0.672. The maximum atomic E-state index is 3.46. The van der Waals surface area contributed by atoms with Crippen molar-refractivity contribution in [3.05, 3.63) is 0 Å². The Balaban J connectivity index is 2.11. The van der Waals surface area contributed by atoms with E-state index < -0.39 is 0 Å². The first kappa shape index (κ1) is 10.5. The van der Waals surface area contributed by atoms with Gasteiger partial charge in [0.2, 0.25) is 0 Å². The summed E-state index contributed by atoms with van der Waals surface area (Å²) in [4.78, 5) is 0. The van der Waals surface area contributed by atoms with E-state index in [0.29, 0.717) is 5.41 Å². The van der Waals surface area contributed by atoms with Crippen LogP contribution in [0.3, 0.4) is 0 Å². The zero-order valence-electron chi connectivity index (χ0n) is 9.81. The molecule has 0 amide bonds. The van der Waals surface area contributed by atoms with Crippen molar-refractivity contribution in [2.24, 2.45) is 17.3 Å². The predicted octanol–water partition coefficient (Wildman–Crippen LogP) is 3.20. The van der Waals surface area contributed by atoms with Crippen LogP contribution in [0.1, 0.15) is 51.9 Å². The molecule has 14 heavy (non-hydrogen) atoms. The average molecular weight is 195 g/mol. The van der Waals surface area contributed by atoms with Crippen molar-refractivity contribution in [3.63, 3.8) is 0 Å². The molecule has 1 N–H and O–H groups in total. The number of nitrogens with one attached hydrogen (secondary N) is 1. The van der Waals surface area contributed by atoms with E-state index in [4.69, 9.17) is 0 Å². The molecular weight excluding hydrogens is 170 g/mol. The fourth-order valence-electron chi connectivity index (χ4n) is 4.11. The van der Waals surface area contributed by atoms with Crippen molar-refractivity contribution < 1.29 is 0 Å². The molecule has 0 heterocycles. The zero-order valence-corrected chi connectivity index (χ0v) is 9.81. The highest BCUT2D eigenvalue weighted by molar-refractivity contribution is 4.97. The van der Waals surface area contributed by atoms with Gasteiger partial charge in [0.15, 0.2) is 0 Å². The van der Waals surface area contributed by atoms with Gasteiger partial charge in [0.05, 0.1) is 0 Å². The predicted molar refractivity (Wildman–Crippen MR) is 61.3 cm³/mol. The van der Waals surface area contributed by atoms with E-state index in [1.807, 2.05) is 0 Å². The van der Waals surface area contributed by atoms with E-state index in [9.17, 15) is 0 Å². The van der Waals surface area contributed by atoms with Gasteiger partial charge in [0, 0.05) is 6.54 Å². The first-order chi connectivity index (χ1) is 6.79. The second kappa shape index (κ2) is 4.22. The molecule has 82 valence electrons. The summed E-state index contributed by atoms with van der Waals surface area (Å²) in [7, 11) is 2.13. The van der Waals surface area contributed by atoms with Crippen LogP contribution in [0.4, 0.5) is 0 Å². The molecule has 1 heteroatoms. The lowest BCUT2D eigenvalue weighted by Gasteiger charge is -2.39. The highest BCUT2D eigenvalue weighted by atomic mass is 14.8. The first-order valence-corrected chi connectivity index (χ1v) is 6.44. The third-order valence-corrected chi connectivity index (χ3v) is 4.93. The Kier molecular flexibility index (Phi) is 3.16. The van der Waals surface area contributed by atoms with Gasteiger partial charge in [-0.2, -0.15) is 0 Å². The SMILES string of the molecule is CNCC1(C2CCCC2)CCCC1C. The molecule has 2 aliphatic rings. The van der Waals surface area contributed by atoms with Gasteiger partial charge >= 0.3 is 0 Å². The minimum Gasteiger partial charge on any atom is -0.319 e. The smallest absolute Gasteiger partial charge is 0.00100 e. The van der Waals surface area contributed by atoms with Crippen LogP contribution < -0.4 is 5.32 Å². The van der Waals surface area contributed by atoms with E-state index in [2.05, 4.69) is 19.3 Å². The van der Waals surface area contributed by atoms with Crippen molar-refractivity contribution >= 4 is 0 Å². The Morgan fingerprint density at radius 1 is 1.14 bits per heavy atom. The number of rotatable bonds is 3. The second-order valence-corrected chi connectivity index (χ2v) is 5.54. The molecule has 2 saturated carbocycles. The van der Waals surface area contributed by atoms with Crippen LogP contribution in [-0.2, 0) is 0 Å². The molecule has 0 saturated heterocycles. The molecule has 2 unspecified atom stereocenters. The van der Waals surface area contributed by atoms with E-state index in [1.165, 1.54) is 51.5 Å². The van der Waals surface area contributed by atoms with Crippen molar-refractivity contribution in [1.82, 2.24) is 5.32 Å². The molecule has 0 aromatic rings. The number of hydrogen-bond acceptors (Lipinski definition) is 1. The van der Waals surface area contributed by atoms with Gasteiger partial charge < -0.3 is 5.32 Å². The van der Waals surface area contributed by atoms with Crippen LogP contribution in [0.25, 0.3) is 0 Å². The van der Waals surface area contributed by atoms with Gasteiger partial charge in [-0.25, -0.2) is 0 Å². The Bertz CT molecular complexity index is 184. The monoisotopic (exact) mass is 195 g/mol. The van der Waals surface area contributed by atoms with E-state index in [0.717, 1.165) is 11.8 Å². The van der Waals surface area contributed by atoms with Gasteiger partial charge in [-0.05, 0) is 43.6 Å². The first-order valence-electron chi connectivity index (χ1n) is 6.44. The average Bonchev–Trinajstić information content (AvgIpc) is 2.77. The summed E-state index contributed by atoms with van der Waals surface area (Å²) in [5.74, 6) is 1.99. The molecule has 0 aromatic carbocycles. The Hall–Kier alpha value is -0.0400. The van der Waals surface area contributed by atoms with Gasteiger partial charge in [0.1, 0.15) is 0 Å². The summed E-state index contributed by atoms with van der Waals surface area (Å²) in [6.45, 7) is 3.75. The highest BCUT2D eigenvalue weighted by Gasteiger charge is 2.46. The fraction of sp³-hybridized carbons (Fsp3) is 1.00. The Labute approximate surface area is 88.7 Å². The maximum Gasteiger partial charge on any atom is 0.00100 e.